The number of aromatic nitrogens is 4. The third-order valence-electron chi connectivity index (χ3n) is 5.19. The van der Waals surface area contributed by atoms with Crippen LogP contribution in [0.5, 0.6) is 0 Å². The molecule has 7 nitrogen and oxygen atoms in total. The third kappa shape index (κ3) is 3.17. The maximum atomic E-state index is 13.4. The standard InChI is InChI=1S/C17H21F3N6O/c1-10-8-14(17(18,19)20)26-15(21-10)9-12(23-26)13-4-3-6-25(13)16(27)11-5-7-24(2)22-11/h5,7,9-10,13-14,21H,3-4,6,8H2,1-2H3/t10-,13-,14-/m1/s1. The highest BCUT2D eigenvalue weighted by molar-refractivity contribution is 5.92. The summed E-state index contributed by atoms with van der Waals surface area (Å²) >= 11 is 0. The fraction of sp³-hybridized carbons (Fsp3) is 0.588. The number of amides is 1. The summed E-state index contributed by atoms with van der Waals surface area (Å²) in [5.74, 6) is 0.126. The Kier molecular flexibility index (Phi) is 4.15. The zero-order valence-electron chi connectivity index (χ0n) is 15.1. The molecule has 2 aliphatic rings. The van der Waals surface area contributed by atoms with Gasteiger partial charge in [0.1, 0.15) is 11.5 Å². The largest absolute Gasteiger partial charge is 0.410 e. The molecule has 2 aromatic rings. The third-order valence-corrected chi connectivity index (χ3v) is 5.19. The van der Waals surface area contributed by atoms with Crippen LogP contribution >= 0.6 is 0 Å². The van der Waals surface area contributed by atoms with Gasteiger partial charge in [-0.3, -0.25) is 9.48 Å². The van der Waals surface area contributed by atoms with Gasteiger partial charge in [0.2, 0.25) is 0 Å². The number of hydrogen-bond donors (Lipinski definition) is 1. The minimum Gasteiger partial charge on any atom is -0.368 e. The first-order valence-electron chi connectivity index (χ1n) is 8.97. The van der Waals surface area contributed by atoms with Gasteiger partial charge >= 0.3 is 6.18 Å². The summed E-state index contributed by atoms with van der Waals surface area (Å²) in [6, 6.07) is 0.980. The van der Waals surface area contributed by atoms with Gasteiger partial charge in [-0.2, -0.15) is 23.4 Å². The topological polar surface area (TPSA) is 68.0 Å². The number of nitrogens with one attached hydrogen (secondary N) is 1. The summed E-state index contributed by atoms with van der Waals surface area (Å²) < 4.78 is 42.9. The van der Waals surface area contributed by atoms with E-state index in [1.54, 1.807) is 41.9 Å². The molecule has 0 aliphatic carbocycles. The van der Waals surface area contributed by atoms with Crippen molar-refractivity contribution in [1.29, 1.82) is 0 Å². The molecule has 0 spiro atoms. The highest BCUT2D eigenvalue weighted by atomic mass is 19.4. The van der Waals surface area contributed by atoms with Crippen LogP contribution in [0.3, 0.4) is 0 Å². The van der Waals surface area contributed by atoms with Crippen molar-refractivity contribution in [2.75, 3.05) is 11.9 Å². The number of likely N-dealkylation sites (tertiary alicyclic amines) is 1. The van der Waals surface area contributed by atoms with Crippen LogP contribution in [0.2, 0.25) is 0 Å². The molecular weight excluding hydrogens is 361 g/mol. The van der Waals surface area contributed by atoms with Crippen LogP contribution < -0.4 is 5.32 Å². The van der Waals surface area contributed by atoms with Gasteiger partial charge in [0.15, 0.2) is 6.04 Å². The Balaban J connectivity index is 1.64. The first-order valence-corrected chi connectivity index (χ1v) is 8.97. The van der Waals surface area contributed by atoms with E-state index in [1.807, 2.05) is 0 Å². The summed E-state index contributed by atoms with van der Waals surface area (Å²) in [6.45, 7) is 2.26. The lowest BCUT2D eigenvalue weighted by Crippen LogP contribution is -2.38. The molecule has 1 saturated heterocycles. The number of nitrogens with zero attached hydrogens (tertiary/aromatic N) is 5. The van der Waals surface area contributed by atoms with Gasteiger partial charge < -0.3 is 10.2 Å². The molecule has 0 bridgehead atoms. The number of anilines is 1. The molecule has 2 aliphatic heterocycles. The van der Waals surface area contributed by atoms with Gasteiger partial charge in [-0.1, -0.05) is 0 Å². The summed E-state index contributed by atoms with van der Waals surface area (Å²) in [5, 5.41) is 11.5. The van der Waals surface area contributed by atoms with Crippen molar-refractivity contribution in [3.63, 3.8) is 0 Å². The Morgan fingerprint density at radius 1 is 1.33 bits per heavy atom. The first-order chi connectivity index (χ1) is 12.7. The van der Waals surface area contributed by atoms with Crippen molar-refractivity contribution in [1.82, 2.24) is 24.5 Å². The van der Waals surface area contributed by atoms with E-state index < -0.39 is 12.2 Å². The highest BCUT2D eigenvalue weighted by Gasteiger charge is 2.46. The number of carbonyl (C=O) groups is 1. The average molecular weight is 382 g/mol. The van der Waals surface area contributed by atoms with Gasteiger partial charge in [0, 0.05) is 31.9 Å². The van der Waals surface area contributed by atoms with Gasteiger partial charge in [0.05, 0.1) is 11.7 Å². The molecular formula is C17H21F3N6O. The predicted molar refractivity (Wildman–Crippen MR) is 91.2 cm³/mol. The van der Waals surface area contributed by atoms with E-state index >= 15 is 0 Å². The second-order valence-corrected chi connectivity index (χ2v) is 7.27. The average Bonchev–Trinajstić information content (AvgIpc) is 3.30. The van der Waals surface area contributed by atoms with Gasteiger partial charge in [0.25, 0.3) is 5.91 Å². The second kappa shape index (κ2) is 6.28. The Morgan fingerprint density at radius 3 is 2.78 bits per heavy atom. The van der Waals surface area contributed by atoms with E-state index in [2.05, 4.69) is 15.5 Å². The minimum atomic E-state index is -4.37. The lowest BCUT2D eigenvalue weighted by Gasteiger charge is -2.31. The normalized spacial score (nSPS) is 25.4. The van der Waals surface area contributed by atoms with Crippen molar-refractivity contribution < 1.29 is 18.0 Å². The minimum absolute atomic E-state index is 0.0706. The lowest BCUT2D eigenvalue weighted by atomic mass is 10.1. The lowest BCUT2D eigenvalue weighted by molar-refractivity contribution is -0.173. The number of rotatable bonds is 2. The molecule has 0 radical (unpaired) electrons. The Labute approximate surface area is 154 Å². The van der Waals surface area contributed by atoms with E-state index in [4.69, 9.17) is 0 Å². The van der Waals surface area contributed by atoms with Crippen molar-refractivity contribution in [3.8, 4) is 0 Å². The summed E-state index contributed by atoms with van der Waals surface area (Å²) in [6.07, 6.45) is -1.31. The number of aryl methyl sites for hydroxylation is 1. The Morgan fingerprint density at radius 2 is 2.11 bits per heavy atom. The maximum Gasteiger partial charge on any atom is 0.410 e. The monoisotopic (exact) mass is 382 g/mol. The van der Waals surface area contributed by atoms with E-state index in [9.17, 15) is 18.0 Å². The van der Waals surface area contributed by atoms with Gasteiger partial charge in [-0.05, 0) is 32.3 Å². The van der Waals surface area contributed by atoms with Gasteiger partial charge in [-0.25, -0.2) is 4.68 Å². The molecule has 146 valence electrons. The Hall–Kier alpha value is -2.52. The number of alkyl halides is 3. The van der Waals surface area contributed by atoms with Crippen LogP contribution in [0.25, 0.3) is 0 Å². The van der Waals surface area contributed by atoms with Crippen molar-refractivity contribution in [3.05, 3.63) is 29.7 Å². The van der Waals surface area contributed by atoms with Crippen molar-refractivity contribution in [2.45, 2.75) is 50.5 Å². The Bertz CT molecular complexity index is 857. The summed E-state index contributed by atoms with van der Waals surface area (Å²) in [4.78, 5) is 14.4. The molecule has 2 aromatic heterocycles. The van der Waals surface area contributed by atoms with Crippen LogP contribution in [-0.2, 0) is 7.05 Å². The molecule has 4 heterocycles. The second-order valence-electron chi connectivity index (χ2n) is 7.27. The number of fused-ring (bicyclic) bond motifs is 1. The summed E-state index contributed by atoms with van der Waals surface area (Å²) in [7, 11) is 1.73. The van der Waals surface area contributed by atoms with Crippen LogP contribution in [-0.4, -0.2) is 49.1 Å². The molecule has 1 fully saturated rings. The zero-order chi connectivity index (χ0) is 19.3. The van der Waals surface area contributed by atoms with E-state index in [0.717, 1.165) is 11.1 Å². The molecule has 1 N–H and O–H groups in total. The molecule has 0 saturated carbocycles. The molecule has 3 atom stereocenters. The summed E-state index contributed by atoms with van der Waals surface area (Å²) in [5.41, 5.74) is 0.816. The van der Waals surface area contributed by atoms with Crippen LogP contribution in [0.4, 0.5) is 19.0 Å². The fourth-order valence-corrected chi connectivity index (χ4v) is 3.93. The highest BCUT2D eigenvalue weighted by Crippen LogP contribution is 2.41. The smallest absolute Gasteiger partial charge is 0.368 e. The van der Waals surface area contributed by atoms with Crippen LogP contribution in [0.1, 0.15) is 54.5 Å². The molecule has 27 heavy (non-hydrogen) atoms. The van der Waals surface area contributed by atoms with Crippen LogP contribution in [0.15, 0.2) is 18.3 Å². The first kappa shape index (κ1) is 17.9. The zero-order valence-corrected chi connectivity index (χ0v) is 15.1. The van der Waals surface area contributed by atoms with Crippen molar-refractivity contribution in [2.24, 2.45) is 7.05 Å². The van der Waals surface area contributed by atoms with E-state index in [0.29, 0.717) is 30.2 Å². The fourth-order valence-electron chi connectivity index (χ4n) is 3.93. The predicted octanol–water partition coefficient (Wildman–Crippen LogP) is 2.90. The molecule has 4 rings (SSSR count). The molecule has 1 amide bonds. The number of halogens is 3. The maximum absolute atomic E-state index is 13.4. The van der Waals surface area contributed by atoms with E-state index in [-0.39, 0.29) is 24.4 Å². The molecule has 0 unspecified atom stereocenters. The number of carbonyl (C=O) groups excluding carboxylic acids is 1. The quantitative estimate of drug-likeness (QED) is 0.867. The molecule has 0 aromatic carbocycles. The van der Waals surface area contributed by atoms with Crippen molar-refractivity contribution >= 4 is 11.7 Å². The van der Waals surface area contributed by atoms with E-state index in [1.165, 1.54) is 0 Å². The van der Waals surface area contributed by atoms with Crippen LogP contribution in [0, 0.1) is 0 Å². The SMILES string of the molecule is C[C@@H]1C[C@H](C(F)(F)F)n2nc([C@H]3CCCN3C(=O)c3ccn(C)n3)cc2N1. The van der Waals surface area contributed by atoms with Gasteiger partial charge in [-0.15, -0.1) is 0 Å². The molecule has 10 heteroatoms. The number of hydrogen-bond acceptors (Lipinski definition) is 4.